The molecule has 2 fully saturated rings. The molecule has 2 heterocycles. The molecular formula is C12H14N2O4S3. The molecule has 0 bridgehead atoms. The van der Waals surface area contributed by atoms with E-state index in [4.69, 9.17) is 12.2 Å². The number of amides is 2. The molecule has 0 unspecified atom stereocenters. The Labute approximate surface area is 136 Å². The van der Waals surface area contributed by atoms with Gasteiger partial charge in [0, 0.05) is 13.1 Å². The lowest BCUT2D eigenvalue weighted by Gasteiger charge is -2.13. The van der Waals surface area contributed by atoms with Gasteiger partial charge in [0.2, 0.25) is 0 Å². The monoisotopic (exact) mass is 346 g/mol. The van der Waals surface area contributed by atoms with E-state index in [-0.39, 0.29) is 18.4 Å². The summed E-state index contributed by atoms with van der Waals surface area (Å²) in [4.78, 5) is 38.6. The molecule has 0 saturated carbocycles. The molecule has 0 aromatic rings. The molecule has 0 radical (unpaired) electrons. The first-order valence-electron chi connectivity index (χ1n) is 6.35. The Balaban J connectivity index is 2.04. The Kier molecular flexibility index (Phi) is 5.65. The van der Waals surface area contributed by atoms with E-state index in [0.717, 1.165) is 0 Å². The van der Waals surface area contributed by atoms with E-state index in [9.17, 15) is 14.4 Å². The predicted octanol–water partition coefficient (Wildman–Crippen LogP) is 1.17. The van der Waals surface area contributed by atoms with Crippen LogP contribution in [-0.4, -0.2) is 58.0 Å². The fourth-order valence-electron chi connectivity index (χ4n) is 1.93. The summed E-state index contributed by atoms with van der Waals surface area (Å²) in [5, 5.41) is 0. The summed E-state index contributed by atoms with van der Waals surface area (Å²) >= 11 is 7.69. The number of carbonyl (C=O) groups is 3. The molecular weight excluding hydrogens is 332 g/mol. The maximum Gasteiger partial charge on any atom is 0.293 e. The van der Waals surface area contributed by atoms with Crippen molar-refractivity contribution in [1.29, 1.82) is 0 Å². The van der Waals surface area contributed by atoms with Crippen LogP contribution in [-0.2, 0) is 19.1 Å². The lowest BCUT2D eigenvalue weighted by atomic mass is 10.3. The zero-order valence-corrected chi connectivity index (χ0v) is 13.8. The molecule has 2 aliphatic rings. The number of thiocarbonyl (C=S) groups is 1. The van der Waals surface area contributed by atoms with E-state index in [2.05, 4.69) is 4.74 Å². The van der Waals surface area contributed by atoms with Gasteiger partial charge in [0.05, 0.1) is 22.3 Å². The Morgan fingerprint density at radius 3 is 2.71 bits per heavy atom. The van der Waals surface area contributed by atoms with E-state index in [0.29, 0.717) is 46.0 Å². The summed E-state index contributed by atoms with van der Waals surface area (Å²) in [6.07, 6.45) is 0.578. The molecule has 0 aliphatic carbocycles. The van der Waals surface area contributed by atoms with Crippen LogP contribution in [0.5, 0.6) is 0 Å². The normalized spacial score (nSPS) is 22.4. The predicted molar refractivity (Wildman–Crippen MR) is 85.4 cm³/mol. The summed E-state index contributed by atoms with van der Waals surface area (Å²) in [6, 6.07) is 0. The van der Waals surface area contributed by atoms with Crippen molar-refractivity contribution in [2.24, 2.45) is 0 Å². The van der Waals surface area contributed by atoms with Gasteiger partial charge in [0.25, 0.3) is 18.3 Å². The molecule has 2 saturated heterocycles. The van der Waals surface area contributed by atoms with E-state index in [1.807, 2.05) is 6.92 Å². The van der Waals surface area contributed by atoms with Crippen molar-refractivity contribution in [3.8, 4) is 0 Å². The maximum atomic E-state index is 12.3. The highest BCUT2D eigenvalue weighted by molar-refractivity contribution is 8.27. The van der Waals surface area contributed by atoms with Gasteiger partial charge < -0.3 is 9.64 Å². The largest absolute Gasteiger partial charge is 0.468 e. The van der Waals surface area contributed by atoms with Crippen LogP contribution in [0.1, 0.15) is 13.3 Å². The van der Waals surface area contributed by atoms with Crippen LogP contribution in [0.15, 0.2) is 9.81 Å². The first kappa shape index (κ1) is 16.3. The van der Waals surface area contributed by atoms with Gasteiger partial charge in [-0.25, -0.2) is 0 Å². The minimum absolute atomic E-state index is 0.150. The second kappa shape index (κ2) is 7.28. The van der Waals surface area contributed by atoms with Gasteiger partial charge >= 0.3 is 0 Å². The van der Waals surface area contributed by atoms with Crippen molar-refractivity contribution >= 4 is 58.3 Å². The number of rotatable bonds is 6. The zero-order chi connectivity index (χ0) is 15.4. The van der Waals surface area contributed by atoms with Crippen LogP contribution < -0.4 is 0 Å². The minimum atomic E-state index is -0.186. The zero-order valence-electron chi connectivity index (χ0n) is 11.4. The number of thioether (sulfide) groups is 2. The average molecular weight is 346 g/mol. The molecule has 2 amide bonds. The van der Waals surface area contributed by atoms with E-state index < -0.39 is 0 Å². The lowest BCUT2D eigenvalue weighted by molar-refractivity contribution is -0.129. The number of nitrogens with zero attached hydrogens (tertiary/aromatic N) is 2. The number of hydrogen-bond acceptors (Lipinski definition) is 7. The van der Waals surface area contributed by atoms with Crippen LogP contribution >= 0.6 is 35.7 Å². The highest BCUT2D eigenvalue weighted by atomic mass is 32.2. The topological polar surface area (TPSA) is 66.9 Å². The highest BCUT2D eigenvalue weighted by Gasteiger charge is 2.39. The second-order valence-electron chi connectivity index (χ2n) is 4.24. The molecule has 0 aromatic carbocycles. The van der Waals surface area contributed by atoms with Crippen LogP contribution in [0.2, 0.25) is 0 Å². The van der Waals surface area contributed by atoms with E-state index in [1.54, 1.807) is 4.90 Å². The van der Waals surface area contributed by atoms with Gasteiger partial charge in [-0.15, -0.1) is 0 Å². The van der Waals surface area contributed by atoms with Crippen molar-refractivity contribution < 1.29 is 19.1 Å². The third kappa shape index (κ3) is 3.41. The number of likely N-dealkylation sites (N-methyl/N-ethyl adjacent to an activating group) is 1. The summed E-state index contributed by atoms with van der Waals surface area (Å²) in [6.45, 7) is 3.53. The molecule has 0 N–H and O–H groups in total. The Hall–Kier alpha value is -1.06. The SMILES string of the molecule is CCN1C(=O)/C(=C2\SCN(CCCOC=O)C2=O)SC1=S. The summed E-state index contributed by atoms with van der Waals surface area (Å²) in [5.74, 6) is 0.170. The van der Waals surface area contributed by atoms with Crippen molar-refractivity contribution in [2.75, 3.05) is 25.6 Å². The number of carbonyl (C=O) groups excluding carboxylic acids is 3. The van der Waals surface area contributed by atoms with Crippen LogP contribution in [0.4, 0.5) is 0 Å². The molecule has 2 rings (SSSR count). The summed E-state index contributed by atoms with van der Waals surface area (Å²) < 4.78 is 5.09. The van der Waals surface area contributed by atoms with Gasteiger partial charge in [0.15, 0.2) is 0 Å². The Bertz CT molecular complexity index is 521. The van der Waals surface area contributed by atoms with Gasteiger partial charge in [-0.2, -0.15) is 0 Å². The third-order valence-corrected chi connectivity index (χ3v) is 5.66. The highest BCUT2D eigenvalue weighted by Crippen LogP contribution is 2.40. The van der Waals surface area contributed by atoms with Crippen LogP contribution in [0.25, 0.3) is 0 Å². The summed E-state index contributed by atoms with van der Waals surface area (Å²) in [7, 11) is 0. The lowest BCUT2D eigenvalue weighted by Crippen LogP contribution is -2.29. The van der Waals surface area contributed by atoms with Crippen molar-refractivity contribution in [1.82, 2.24) is 9.80 Å². The molecule has 0 atom stereocenters. The van der Waals surface area contributed by atoms with Gasteiger partial charge in [0.1, 0.15) is 4.32 Å². The molecule has 2 aliphatic heterocycles. The van der Waals surface area contributed by atoms with E-state index >= 15 is 0 Å². The molecule has 0 spiro atoms. The smallest absolute Gasteiger partial charge is 0.293 e. The fourth-order valence-corrected chi connectivity index (χ4v) is 4.57. The molecule has 6 nitrogen and oxygen atoms in total. The van der Waals surface area contributed by atoms with Crippen molar-refractivity contribution in [3.63, 3.8) is 0 Å². The number of hydrogen-bond donors (Lipinski definition) is 0. The van der Waals surface area contributed by atoms with Gasteiger partial charge in [-0.05, 0) is 13.3 Å². The van der Waals surface area contributed by atoms with Crippen LogP contribution in [0, 0.1) is 0 Å². The first-order chi connectivity index (χ1) is 10.1. The molecule has 9 heteroatoms. The standard InChI is InChI=1S/C12H14N2O4S3/c1-2-14-11(17)9(21-12(14)19)8-10(16)13(6-20-8)4-3-5-18-7-15/h7H,2-6H2,1H3/b9-8+. The fraction of sp³-hybridized carbons (Fsp3) is 0.500. The quantitative estimate of drug-likeness (QED) is 0.310. The van der Waals surface area contributed by atoms with E-state index in [1.165, 1.54) is 28.4 Å². The minimum Gasteiger partial charge on any atom is -0.468 e. The second-order valence-corrected chi connectivity index (χ2v) is 6.84. The van der Waals surface area contributed by atoms with Gasteiger partial charge in [-0.1, -0.05) is 35.7 Å². The first-order valence-corrected chi connectivity index (χ1v) is 8.56. The van der Waals surface area contributed by atoms with Crippen molar-refractivity contribution in [3.05, 3.63) is 9.81 Å². The maximum absolute atomic E-state index is 12.3. The van der Waals surface area contributed by atoms with Crippen LogP contribution in [0.3, 0.4) is 0 Å². The Morgan fingerprint density at radius 2 is 2.10 bits per heavy atom. The molecule has 114 valence electrons. The summed E-state index contributed by atoms with van der Waals surface area (Å²) in [5.41, 5.74) is 0. The average Bonchev–Trinajstić information content (AvgIpc) is 2.95. The Morgan fingerprint density at radius 1 is 1.33 bits per heavy atom. The molecule has 21 heavy (non-hydrogen) atoms. The number of ether oxygens (including phenoxy) is 1. The van der Waals surface area contributed by atoms with Crippen molar-refractivity contribution in [2.45, 2.75) is 13.3 Å². The third-order valence-electron chi connectivity index (χ3n) is 2.98. The molecule has 0 aromatic heterocycles. The van der Waals surface area contributed by atoms with Gasteiger partial charge in [-0.3, -0.25) is 19.3 Å².